The van der Waals surface area contributed by atoms with E-state index in [2.05, 4.69) is 25.9 Å². The first-order chi connectivity index (χ1) is 13.4. The summed E-state index contributed by atoms with van der Waals surface area (Å²) in [4.78, 5) is 33.8. The fourth-order valence-electron chi connectivity index (χ4n) is 3.41. The first-order valence-corrected chi connectivity index (χ1v) is 9.58. The molecule has 28 heavy (non-hydrogen) atoms. The largest absolute Gasteiger partial charge is 0.349 e. The molecule has 2 amide bonds. The number of carbonyl (C=O) groups excluding carboxylic acids is 2. The van der Waals surface area contributed by atoms with Gasteiger partial charge in [0.1, 0.15) is 5.82 Å². The number of aryl methyl sites for hydroxylation is 3. The van der Waals surface area contributed by atoms with Gasteiger partial charge in [-0.2, -0.15) is 0 Å². The molecule has 0 saturated carbocycles. The molecule has 2 heterocycles. The fourth-order valence-corrected chi connectivity index (χ4v) is 3.41. The maximum atomic E-state index is 12.6. The van der Waals surface area contributed by atoms with Crippen LogP contribution in [-0.2, 0) is 16.1 Å². The predicted molar refractivity (Wildman–Crippen MR) is 108 cm³/mol. The van der Waals surface area contributed by atoms with Gasteiger partial charge >= 0.3 is 0 Å². The van der Waals surface area contributed by atoms with Gasteiger partial charge in [-0.1, -0.05) is 17.7 Å². The van der Waals surface area contributed by atoms with E-state index in [0.29, 0.717) is 25.3 Å². The van der Waals surface area contributed by atoms with Crippen molar-refractivity contribution in [3.63, 3.8) is 0 Å². The number of nitrogens with zero attached hydrogens (tertiary/aromatic N) is 2. The smallest absolute Gasteiger partial charge is 0.228 e. The lowest BCUT2D eigenvalue weighted by atomic mass is 9.89. The Morgan fingerprint density at radius 2 is 1.61 bits per heavy atom. The Morgan fingerprint density at radius 3 is 2.25 bits per heavy atom. The quantitative estimate of drug-likeness (QED) is 0.735. The topological polar surface area (TPSA) is 96.0 Å². The van der Waals surface area contributed by atoms with Gasteiger partial charge in [0.15, 0.2) is 0 Å². The molecule has 148 valence electrons. The number of aromatic nitrogens is 2. The number of amides is 2. The molecule has 3 N–H and O–H groups in total. The van der Waals surface area contributed by atoms with E-state index in [9.17, 15) is 9.59 Å². The summed E-state index contributed by atoms with van der Waals surface area (Å²) in [5, 5.41) is 9.05. The van der Waals surface area contributed by atoms with Crippen molar-refractivity contribution < 1.29 is 9.59 Å². The number of carbonyl (C=O) groups is 2. The van der Waals surface area contributed by atoms with Crippen LogP contribution in [0.4, 0.5) is 5.69 Å². The summed E-state index contributed by atoms with van der Waals surface area (Å²) >= 11 is 0. The van der Waals surface area contributed by atoms with Crippen molar-refractivity contribution in [2.24, 2.45) is 11.8 Å². The van der Waals surface area contributed by atoms with Gasteiger partial charge in [0.25, 0.3) is 0 Å². The minimum absolute atomic E-state index is 0.0634. The average Bonchev–Trinajstić information content (AvgIpc) is 2.67. The Kier molecular flexibility index (Phi) is 6.36. The SMILES string of the molecule is Cc1ccc(NC(=O)C2CNCC(C(=O)NCc3nc(C)cc(C)n3)C2)cc1. The Morgan fingerprint density at radius 1 is 1.00 bits per heavy atom. The van der Waals surface area contributed by atoms with Crippen LogP contribution in [0, 0.1) is 32.6 Å². The minimum Gasteiger partial charge on any atom is -0.349 e. The van der Waals surface area contributed by atoms with Crippen molar-refractivity contribution in [2.75, 3.05) is 18.4 Å². The first kappa shape index (κ1) is 19.9. The van der Waals surface area contributed by atoms with Gasteiger partial charge in [-0.05, 0) is 45.4 Å². The van der Waals surface area contributed by atoms with E-state index >= 15 is 0 Å². The summed E-state index contributed by atoms with van der Waals surface area (Å²) in [5.41, 5.74) is 3.67. The zero-order valence-corrected chi connectivity index (χ0v) is 16.6. The summed E-state index contributed by atoms with van der Waals surface area (Å²) in [5.74, 6) is -0.0467. The van der Waals surface area contributed by atoms with Gasteiger partial charge in [0.05, 0.1) is 18.4 Å². The van der Waals surface area contributed by atoms with Crippen LogP contribution in [0.25, 0.3) is 0 Å². The van der Waals surface area contributed by atoms with Crippen LogP contribution in [0.1, 0.15) is 29.2 Å². The van der Waals surface area contributed by atoms with Gasteiger partial charge < -0.3 is 16.0 Å². The number of rotatable bonds is 5. The lowest BCUT2D eigenvalue weighted by Crippen LogP contribution is -2.47. The molecule has 0 aliphatic carbocycles. The molecule has 1 fully saturated rings. The second-order valence-electron chi connectivity index (χ2n) is 7.43. The molecule has 3 rings (SSSR count). The number of benzene rings is 1. The zero-order valence-electron chi connectivity index (χ0n) is 16.6. The van der Waals surface area contributed by atoms with Gasteiger partial charge in [-0.15, -0.1) is 0 Å². The third-order valence-corrected chi connectivity index (χ3v) is 4.86. The van der Waals surface area contributed by atoms with Crippen molar-refractivity contribution in [3.8, 4) is 0 Å². The number of hydrogen-bond donors (Lipinski definition) is 3. The molecule has 0 spiro atoms. The van der Waals surface area contributed by atoms with Crippen molar-refractivity contribution in [1.29, 1.82) is 0 Å². The highest BCUT2D eigenvalue weighted by molar-refractivity contribution is 5.93. The third-order valence-electron chi connectivity index (χ3n) is 4.86. The molecule has 2 unspecified atom stereocenters. The molecule has 0 radical (unpaired) electrons. The lowest BCUT2D eigenvalue weighted by molar-refractivity contribution is -0.127. The number of piperidine rings is 1. The minimum atomic E-state index is -0.256. The summed E-state index contributed by atoms with van der Waals surface area (Å²) < 4.78 is 0. The monoisotopic (exact) mass is 381 g/mol. The van der Waals surface area contributed by atoms with Crippen molar-refractivity contribution in [1.82, 2.24) is 20.6 Å². The Bertz CT molecular complexity index is 830. The molecule has 2 aromatic rings. The molecule has 1 saturated heterocycles. The Balaban J connectivity index is 1.53. The predicted octanol–water partition coefficient (Wildman–Crippen LogP) is 1.88. The molecular formula is C21H27N5O2. The molecule has 7 nitrogen and oxygen atoms in total. The second kappa shape index (κ2) is 8.93. The van der Waals surface area contributed by atoms with E-state index in [4.69, 9.17) is 0 Å². The van der Waals surface area contributed by atoms with Crippen molar-refractivity contribution in [3.05, 3.63) is 53.1 Å². The molecule has 1 aliphatic heterocycles. The number of nitrogens with one attached hydrogen (secondary N) is 3. The molecule has 1 aromatic carbocycles. The summed E-state index contributed by atoms with van der Waals surface area (Å²) in [6, 6.07) is 9.59. The van der Waals surface area contributed by atoms with Gasteiger partial charge in [-0.25, -0.2) is 9.97 Å². The second-order valence-corrected chi connectivity index (χ2v) is 7.43. The van der Waals surface area contributed by atoms with Crippen LogP contribution in [0.2, 0.25) is 0 Å². The van der Waals surface area contributed by atoms with E-state index in [0.717, 1.165) is 22.6 Å². The molecule has 7 heteroatoms. The molecule has 1 aliphatic rings. The van der Waals surface area contributed by atoms with Crippen LogP contribution < -0.4 is 16.0 Å². The van der Waals surface area contributed by atoms with Crippen LogP contribution in [0.3, 0.4) is 0 Å². The van der Waals surface area contributed by atoms with Crippen molar-refractivity contribution >= 4 is 17.5 Å². The number of hydrogen-bond acceptors (Lipinski definition) is 5. The molecular weight excluding hydrogens is 354 g/mol. The average molecular weight is 381 g/mol. The normalized spacial score (nSPS) is 19.1. The van der Waals surface area contributed by atoms with E-state index < -0.39 is 0 Å². The van der Waals surface area contributed by atoms with Crippen LogP contribution in [0.15, 0.2) is 30.3 Å². The van der Waals surface area contributed by atoms with Crippen LogP contribution >= 0.6 is 0 Å². The van der Waals surface area contributed by atoms with Gasteiger partial charge in [0.2, 0.25) is 11.8 Å². The summed E-state index contributed by atoms with van der Waals surface area (Å²) in [7, 11) is 0. The van der Waals surface area contributed by atoms with E-state index in [1.165, 1.54) is 0 Å². The standard InChI is InChI=1S/C21H27N5O2/c1-13-4-6-18(7-5-13)26-21(28)17-9-16(10-22-11-17)20(27)23-12-19-24-14(2)8-15(3)25-19/h4-8,16-17,22H,9-12H2,1-3H3,(H,23,27)(H,26,28). The van der Waals surface area contributed by atoms with Crippen LogP contribution in [0.5, 0.6) is 0 Å². The highest BCUT2D eigenvalue weighted by atomic mass is 16.2. The van der Waals surface area contributed by atoms with Crippen molar-refractivity contribution in [2.45, 2.75) is 33.7 Å². The van der Waals surface area contributed by atoms with Gasteiger partial charge in [-0.3, -0.25) is 9.59 Å². The molecule has 1 aromatic heterocycles. The van der Waals surface area contributed by atoms with Crippen LogP contribution in [-0.4, -0.2) is 34.9 Å². The van der Waals surface area contributed by atoms with E-state index in [-0.39, 0.29) is 30.2 Å². The summed E-state index contributed by atoms with van der Waals surface area (Å²) in [6.07, 6.45) is 0.518. The maximum Gasteiger partial charge on any atom is 0.228 e. The summed E-state index contributed by atoms with van der Waals surface area (Å²) in [6.45, 7) is 7.24. The Hall–Kier alpha value is -2.80. The molecule has 2 atom stereocenters. The highest BCUT2D eigenvalue weighted by Crippen LogP contribution is 2.19. The fraction of sp³-hybridized carbons (Fsp3) is 0.429. The Labute approximate surface area is 165 Å². The van der Waals surface area contributed by atoms with Gasteiger partial charge in [0, 0.05) is 30.2 Å². The third kappa shape index (κ3) is 5.36. The zero-order chi connectivity index (χ0) is 20.1. The molecule has 0 bridgehead atoms. The maximum absolute atomic E-state index is 12.6. The lowest BCUT2D eigenvalue weighted by Gasteiger charge is -2.28. The number of anilines is 1. The van der Waals surface area contributed by atoms with E-state index in [1.54, 1.807) is 0 Å². The highest BCUT2D eigenvalue weighted by Gasteiger charge is 2.31. The first-order valence-electron chi connectivity index (χ1n) is 9.58. The van der Waals surface area contributed by atoms with E-state index in [1.807, 2.05) is 51.1 Å².